The molecule has 1 heterocycles. The number of fused-ring (bicyclic) bond motifs is 1. The number of Topliss-reactive ketones (excluding diaryl/α,β-unsaturated/α-hetero) is 1. The van der Waals surface area contributed by atoms with Crippen LogP contribution in [0.3, 0.4) is 0 Å². The van der Waals surface area contributed by atoms with Crippen LogP contribution in [0.5, 0.6) is 11.5 Å². The summed E-state index contributed by atoms with van der Waals surface area (Å²) in [6.45, 7) is 4.31. The molecule has 1 atom stereocenters. The van der Waals surface area contributed by atoms with Crippen LogP contribution in [0.2, 0.25) is 0 Å². The van der Waals surface area contributed by atoms with Gasteiger partial charge in [-0.15, -0.1) is 0 Å². The second-order valence-electron chi connectivity index (χ2n) is 5.85. The quantitative estimate of drug-likeness (QED) is 0.818. The molecule has 3 rings (SSSR count). The molecule has 6 nitrogen and oxygen atoms in total. The normalized spacial score (nSPS) is 13.7. The number of ketones is 1. The SMILES string of the molecule is CC(=O)c1cccc(NC(=O)[C@H](C)Nc2ccc3c(c2)OCCO3)c1. The Bertz CT molecular complexity index is 804. The zero-order valence-corrected chi connectivity index (χ0v) is 14.2. The van der Waals surface area contributed by atoms with E-state index in [1.54, 1.807) is 31.2 Å². The van der Waals surface area contributed by atoms with Crippen molar-refractivity contribution in [3.63, 3.8) is 0 Å². The molecule has 0 aromatic heterocycles. The van der Waals surface area contributed by atoms with E-state index in [9.17, 15) is 9.59 Å². The highest BCUT2D eigenvalue weighted by atomic mass is 16.6. The van der Waals surface area contributed by atoms with E-state index >= 15 is 0 Å². The predicted molar refractivity (Wildman–Crippen MR) is 95.6 cm³/mol. The molecule has 25 heavy (non-hydrogen) atoms. The first-order chi connectivity index (χ1) is 12.0. The fourth-order valence-corrected chi connectivity index (χ4v) is 2.52. The standard InChI is InChI=1S/C19H20N2O4/c1-12(19(23)21-15-5-3-4-14(10-15)13(2)22)20-16-6-7-17-18(11-16)25-9-8-24-17/h3-7,10-12,20H,8-9H2,1-2H3,(H,21,23)/t12-/m0/s1. The molecule has 2 N–H and O–H groups in total. The molecular formula is C19H20N2O4. The van der Waals surface area contributed by atoms with Crippen molar-refractivity contribution in [1.29, 1.82) is 0 Å². The lowest BCUT2D eigenvalue weighted by molar-refractivity contribution is -0.116. The van der Waals surface area contributed by atoms with Crippen LogP contribution in [0.4, 0.5) is 11.4 Å². The Morgan fingerprint density at radius 1 is 1.00 bits per heavy atom. The highest BCUT2D eigenvalue weighted by Crippen LogP contribution is 2.32. The van der Waals surface area contributed by atoms with Gasteiger partial charge in [-0.3, -0.25) is 9.59 Å². The molecule has 1 aliphatic heterocycles. The number of amides is 1. The van der Waals surface area contributed by atoms with Gasteiger partial charge in [0.2, 0.25) is 5.91 Å². The highest BCUT2D eigenvalue weighted by molar-refractivity contribution is 5.99. The van der Waals surface area contributed by atoms with E-state index in [2.05, 4.69) is 10.6 Å². The van der Waals surface area contributed by atoms with Gasteiger partial charge in [0, 0.05) is 23.0 Å². The van der Waals surface area contributed by atoms with E-state index in [0.717, 1.165) is 5.69 Å². The van der Waals surface area contributed by atoms with Gasteiger partial charge in [0.25, 0.3) is 0 Å². The third-order valence-electron chi connectivity index (χ3n) is 3.86. The number of benzene rings is 2. The molecule has 0 saturated heterocycles. The maximum Gasteiger partial charge on any atom is 0.246 e. The van der Waals surface area contributed by atoms with Gasteiger partial charge in [-0.2, -0.15) is 0 Å². The molecule has 0 fully saturated rings. The van der Waals surface area contributed by atoms with Gasteiger partial charge in [-0.25, -0.2) is 0 Å². The van der Waals surface area contributed by atoms with Crippen molar-refractivity contribution in [3.05, 3.63) is 48.0 Å². The van der Waals surface area contributed by atoms with E-state index in [-0.39, 0.29) is 11.7 Å². The Kier molecular flexibility index (Phi) is 4.88. The number of hydrogen-bond donors (Lipinski definition) is 2. The Labute approximate surface area is 146 Å². The fourth-order valence-electron chi connectivity index (χ4n) is 2.52. The summed E-state index contributed by atoms with van der Waals surface area (Å²) >= 11 is 0. The molecule has 2 aromatic rings. The first kappa shape index (κ1) is 16.8. The molecule has 130 valence electrons. The van der Waals surface area contributed by atoms with Gasteiger partial charge in [-0.05, 0) is 38.1 Å². The number of hydrogen-bond acceptors (Lipinski definition) is 5. The van der Waals surface area contributed by atoms with E-state index < -0.39 is 6.04 Å². The molecule has 0 bridgehead atoms. The van der Waals surface area contributed by atoms with Crippen LogP contribution >= 0.6 is 0 Å². The largest absolute Gasteiger partial charge is 0.486 e. The molecule has 0 unspecified atom stereocenters. The number of ether oxygens (including phenoxy) is 2. The Balaban J connectivity index is 1.64. The fraction of sp³-hybridized carbons (Fsp3) is 0.263. The maximum atomic E-state index is 12.4. The minimum atomic E-state index is -0.469. The van der Waals surface area contributed by atoms with Gasteiger partial charge in [0.15, 0.2) is 17.3 Å². The van der Waals surface area contributed by atoms with E-state index in [1.807, 2.05) is 18.2 Å². The molecule has 0 radical (unpaired) electrons. The predicted octanol–water partition coefficient (Wildman–Crippen LogP) is 3.10. The van der Waals surface area contributed by atoms with Gasteiger partial charge in [0.05, 0.1) is 0 Å². The molecule has 1 amide bonds. The lowest BCUT2D eigenvalue weighted by Crippen LogP contribution is -2.32. The van der Waals surface area contributed by atoms with Crippen LogP contribution in [-0.2, 0) is 4.79 Å². The molecule has 6 heteroatoms. The van der Waals surface area contributed by atoms with Crippen molar-refractivity contribution in [3.8, 4) is 11.5 Å². The Morgan fingerprint density at radius 3 is 2.52 bits per heavy atom. The van der Waals surface area contributed by atoms with Crippen molar-refractivity contribution >= 4 is 23.1 Å². The van der Waals surface area contributed by atoms with Crippen molar-refractivity contribution in [1.82, 2.24) is 0 Å². The first-order valence-corrected chi connectivity index (χ1v) is 8.11. The van der Waals surface area contributed by atoms with E-state index in [0.29, 0.717) is 36.0 Å². The second-order valence-corrected chi connectivity index (χ2v) is 5.85. The van der Waals surface area contributed by atoms with Crippen molar-refractivity contribution in [2.24, 2.45) is 0 Å². The molecule has 0 aliphatic carbocycles. The van der Waals surface area contributed by atoms with Crippen LogP contribution < -0.4 is 20.1 Å². The monoisotopic (exact) mass is 340 g/mol. The van der Waals surface area contributed by atoms with E-state index in [1.165, 1.54) is 6.92 Å². The summed E-state index contributed by atoms with van der Waals surface area (Å²) in [5.74, 6) is 1.13. The molecule has 0 spiro atoms. The molecule has 2 aromatic carbocycles. The van der Waals surface area contributed by atoms with Crippen LogP contribution in [-0.4, -0.2) is 30.9 Å². The number of nitrogens with one attached hydrogen (secondary N) is 2. The van der Waals surface area contributed by atoms with E-state index in [4.69, 9.17) is 9.47 Å². The lowest BCUT2D eigenvalue weighted by atomic mass is 10.1. The van der Waals surface area contributed by atoms with Gasteiger partial charge < -0.3 is 20.1 Å². The van der Waals surface area contributed by atoms with Crippen LogP contribution in [0.15, 0.2) is 42.5 Å². The Morgan fingerprint density at radius 2 is 1.76 bits per heavy atom. The summed E-state index contributed by atoms with van der Waals surface area (Å²) in [4.78, 5) is 23.8. The average molecular weight is 340 g/mol. The van der Waals surface area contributed by atoms with Crippen LogP contribution in [0, 0.1) is 0 Å². The second kappa shape index (κ2) is 7.25. The topological polar surface area (TPSA) is 76.7 Å². The lowest BCUT2D eigenvalue weighted by Gasteiger charge is -2.20. The third-order valence-corrected chi connectivity index (χ3v) is 3.86. The third kappa shape index (κ3) is 4.09. The summed E-state index contributed by atoms with van der Waals surface area (Å²) in [6, 6.07) is 11.9. The molecular weight excluding hydrogens is 320 g/mol. The summed E-state index contributed by atoms with van der Waals surface area (Å²) in [7, 11) is 0. The van der Waals surface area contributed by atoms with Crippen molar-refractivity contribution in [2.45, 2.75) is 19.9 Å². The maximum absolute atomic E-state index is 12.4. The first-order valence-electron chi connectivity index (χ1n) is 8.11. The zero-order chi connectivity index (χ0) is 17.8. The van der Waals surface area contributed by atoms with Crippen molar-refractivity contribution in [2.75, 3.05) is 23.8 Å². The summed E-state index contributed by atoms with van der Waals surface area (Å²) in [5, 5.41) is 5.94. The van der Waals surface area contributed by atoms with Gasteiger partial charge >= 0.3 is 0 Å². The minimum Gasteiger partial charge on any atom is -0.486 e. The number of rotatable bonds is 5. The zero-order valence-electron chi connectivity index (χ0n) is 14.2. The smallest absolute Gasteiger partial charge is 0.246 e. The van der Waals surface area contributed by atoms with Crippen LogP contribution in [0.25, 0.3) is 0 Å². The van der Waals surface area contributed by atoms with Crippen molar-refractivity contribution < 1.29 is 19.1 Å². The summed E-state index contributed by atoms with van der Waals surface area (Å²) < 4.78 is 11.0. The number of carbonyl (C=O) groups excluding carboxylic acids is 2. The Hall–Kier alpha value is -3.02. The summed E-state index contributed by atoms with van der Waals surface area (Å²) in [6.07, 6.45) is 0. The average Bonchev–Trinajstić information content (AvgIpc) is 2.61. The molecule has 0 saturated carbocycles. The summed E-state index contributed by atoms with van der Waals surface area (Å²) in [5.41, 5.74) is 1.92. The number of carbonyl (C=O) groups is 2. The van der Waals surface area contributed by atoms with Gasteiger partial charge in [0.1, 0.15) is 19.3 Å². The van der Waals surface area contributed by atoms with Crippen LogP contribution in [0.1, 0.15) is 24.2 Å². The highest BCUT2D eigenvalue weighted by Gasteiger charge is 2.16. The van der Waals surface area contributed by atoms with Gasteiger partial charge in [-0.1, -0.05) is 12.1 Å². The number of anilines is 2. The minimum absolute atomic E-state index is 0.0430. The molecule has 1 aliphatic rings.